The molecule has 0 aliphatic carbocycles. The van der Waals surface area contributed by atoms with Crippen LogP contribution in [0.1, 0.15) is 18.0 Å². The maximum atomic E-state index is 13.2. The van der Waals surface area contributed by atoms with Crippen LogP contribution >= 0.6 is 15.9 Å². The molecule has 0 radical (unpaired) electrons. The quantitative estimate of drug-likeness (QED) is 0.788. The molecule has 2 aromatic rings. The monoisotopic (exact) mass is 418 g/mol. The van der Waals surface area contributed by atoms with Gasteiger partial charge in [0.2, 0.25) is 0 Å². The van der Waals surface area contributed by atoms with Gasteiger partial charge < -0.3 is 10.1 Å². The van der Waals surface area contributed by atoms with Crippen molar-refractivity contribution in [3.05, 3.63) is 70.6 Å². The summed E-state index contributed by atoms with van der Waals surface area (Å²) in [6.45, 7) is 0. The highest BCUT2D eigenvalue weighted by molar-refractivity contribution is 9.10. The fourth-order valence-corrected chi connectivity index (χ4v) is 3.05. The van der Waals surface area contributed by atoms with Gasteiger partial charge in [-0.1, -0.05) is 12.1 Å². The van der Waals surface area contributed by atoms with Gasteiger partial charge in [-0.15, -0.1) is 0 Å². The summed E-state index contributed by atoms with van der Waals surface area (Å²) in [5.74, 6) is 0.136. The number of nitrogens with one attached hydrogen (secondary N) is 1. The van der Waals surface area contributed by atoms with Gasteiger partial charge in [-0.2, -0.15) is 0 Å². The highest BCUT2D eigenvalue weighted by atomic mass is 79.9. The Morgan fingerprint density at radius 1 is 1.27 bits per heavy atom. The van der Waals surface area contributed by atoms with E-state index in [4.69, 9.17) is 4.74 Å². The van der Waals surface area contributed by atoms with Gasteiger partial charge in [0, 0.05) is 23.2 Å². The lowest BCUT2D eigenvalue weighted by molar-refractivity contribution is -0.116. The molecule has 1 unspecified atom stereocenters. The lowest BCUT2D eigenvalue weighted by Crippen LogP contribution is -2.37. The molecule has 1 atom stereocenters. The first kappa shape index (κ1) is 18.1. The van der Waals surface area contributed by atoms with Gasteiger partial charge in [0.05, 0.1) is 18.8 Å². The van der Waals surface area contributed by atoms with Crippen molar-refractivity contribution in [2.24, 2.45) is 0 Å². The molecule has 5 nitrogen and oxygen atoms in total. The summed E-state index contributed by atoms with van der Waals surface area (Å²) in [6, 6.07) is 10.1. The second-order valence-electron chi connectivity index (χ2n) is 5.74. The SMILES string of the molecule is COc1ccc(Br)c(NC(=O)N2C=CC(=O)CC2c2ccc(F)cc2)c1. The van der Waals surface area contributed by atoms with E-state index in [1.807, 2.05) is 0 Å². The largest absolute Gasteiger partial charge is 0.497 e. The minimum atomic E-state index is -0.502. The maximum Gasteiger partial charge on any atom is 0.326 e. The summed E-state index contributed by atoms with van der Waals surface area (Å²) in [5.41, 5.74) is 1.22. The molecule has 1 aliphatic heterocycles. The number of carbonyl (C=O) groups excluding carboxylic acids is 2. The average molecular weight is 419 g/mol. The zero-order valence-electron chi connectivity index (χ0n) is 13.9. The van der Waals surface area contributed by atoms with Crippen LogP contribution in [0.4, 0.5) is 14.9 Å². The summed E-state index contributed by atoms with van der Waals surface area (Å²) in [6.07, 6.45) is 2.94. The first-order valence-corrected chi connectivity index (χ1v) is 8.66. The number of methoxy groups -OCH3 is 1. The standard InChI is InChI=1S/C19H16BrFN2O3/c1-26-15-6-7-16(20)17(11-15)22-19(25)23-9-8-14(24)10-18(23)12-2-4-13(21)5-3-12/h2-9,11,18H,10H2,1H3,(H,22,25). The Labute approximate surface area is 158 Å². The Morgan fingerprint density at radius 3 is 2.69 bits per heavy atom. The Kier molecular flexibility index (Phi) is 5.37. The fourth-order valence-electron chi connectivity index (χ4n) is 2.70. The van der Waals surface area contributed by atoms with Crippen molar-refractivity contribution < 1.29 is 18.7 Å². The number of rotatable bonds is 3. The molecule has 1 aliphatic rings. The van der Waals surface area contributed by atoms with Crippen LogP contribution in [0.25, 0.3) is 0 Å². The molecule has 1 heterocycles. The van der Waals surface area contributed by atoms with Crippen molar-refractivity contribution in [3.8, 4) is 5.75 Å². The summed E-state index contributed by atoms with van der Waals surface area (Å²) in [7, 11) is 1.54. The Bertz CT molecular complexity index is 868. The topological polar surface area (TPSA) is 58.6 Å². The summed E-state index contributed by atoms with van der Waals surface area (Å²) < 4.78 is 19.1. The lowest BCUT2D eigenvalue weighted by atomic mass is 9.97. The van der Waals surface area contributed by atoms with Crippen LogP contribution in [0.15, 0.2) is 59.2 Å². The third-order valence-corrected chi connectivity index (χ3v) is 4.75. The van der Waals surface area contributed by atoms with Crippen LogP contribution in [0.5, 0.6) is 5.75 Å². The first-order chi connectivity index (χ1) is 12.5. The zero-order chi connectivity index (χ0) is 18.7. The molecule has 0 saturated heterocycles. The van der Waals surface area contributed by atoms with Gasteiger partial charge in [0.15, 0.2) is 5.78 Å². The van der Waals surface area contributed by atoms with E-state index in [1.54, 1.807) is 37.4 Å². The van der Waals surface area contributed by atoms with E-state index >= 15 is 0 Å². The van der Waals surface area contributed by atoms with Crippen molar-refractivity contribution in [2.75, 3.05) is 12.4 Å². The third-order valence-electron chi connectivity index (χ3n) is 4.06. The molecule has 134 valence electrons. The number of urea groups is 1. The number of halogens is 2. The van der Waals surface area contributed by atoms with Gasteiger partial charge in [-0.05, 0) is 51.8 Å². The van der Waals surface area contributed by atoms with Crippen molar-refractivity contribution in [1.29, 1.82) is 0 Å². The summed E-state index contributed by atoms with van der Waals surface area (Å²) >= 11 is 3.39. The maximum absolute atomic E-state index is 13.2. The highest BCUT2D eigenvalue weighted by Gasteiger charge is 2.29. The minimum absolute atomic E-state index is 0.0917. The van der Waals surface area contributed by atoms with Gasteiger partial charge in [-0.3, -0.25) is 9.69 Å². The molecule has 0 bridgehead atoms. The molecule has 3 rings (SSSR count). The number of hydrogen-bond acceptors (Lipinski definition) is 3. The molecule has 1 N–H and O–H groups in total. The van der Waals surface area contributed by atoms with Gasteiger partial charge in [-0.25, -0.2) is 9.18 Å². The highest BCUT2D eigenvalue weighted by Crippen LogP contribution is 2.31. The number of ether oxygens (including phenoxy) is 1. The number of amides is 2. The van der Waals surface area contributed by atoms with E-state index < -0.39 is 12.1 Å². The molecule has 2 amide bonds. The van der Waals surface area contributed by atoms with Crippen molar-refractivity contribution >= 4 is 33.4 Å². The van der Waals surface area contributed by atoms with Crippen LogP contribution < -0.4 is 10.1 Å². The smallest absolute Gasteiger partial charge is 0.326 e. The van der Waals surface area contributed by atoms with E-state index in [0.29, 0.717) is 21.5 Å². The molecule has 7 heteroatoms. The molecule has 0 spiro atoms. The van der Waals surface area contributed by atoms with Crippen molar-refractivity contribution in [2.45, 2.75) is 12.5 Å². The molecular formula is C19H16BrFN2O3. The van der Waals surface area contributed by atoms with Gasteiger partial charge in [0.1, 0.15) is 11.6 Å². The van der Waals surface area contributed by atoms with Crippen molar-refractivity contribution in [3.63, 3.8) is 0 Å². The molecule has 0 aromatic heterocycles. The number of anilines is 1. The number of carbonyl (C=O) groups is 2. The average Bonchev–Trinajstić information content (AvgIpc) is 2.64. The number of allylic oxidation sites excluding steroid dienone is 1. The summed E-state index contributed by atoms with van der Waals surface area (Å²) in [5, 5.41) is 2.80. The predicted molar refractivity (Wildman–Crippen MR) is 99.5 cm³/mol. The van der Waals surface area contributed by atoms with E-state index in [2.05, 4.69) is 21.2 Å². The molecular weight excluding hydrogens is 403 g/mol. The molecule has 0 saturated carbocycles. The summed E-state index contributed by atoms with van der Waals surface area (Å²) in [4.78, 5) is 26.1. The van der Waals surface area contributed by atoms with Crippen molar-refractivity contribution in [1.82, 2.24) is 4.90 Å². The number of nitrogens with zero attached hydrogens (tertiary/aromatic N) is 1. The lowest BCUT2D eigenvalue weighted by Gasteiger charge is -2.31. The second kappa shape index (κ2) is 7.70. The van der Waals surface area contributed by atoms with Crippen LogP contribution in [-0.2, 0) is 4.79 Å². The van der Waals surface area contributed by atoms with E-state index in [0.717, 1.165) is 0 Å². The van der Waals surface area contributed by atoms with Crippen LogP contribution in [0, 0.1) is 5.82 Å². The number of ketones is 1. The normalized spacial score (nSPS) is 16.5. The fraction of sp³-hybridized carbons (Fsp3) is 0.158. The molecule has 2 aromatic carbocycles. The van der Waals surface area contributed by atoms with Gasteiger partial charge in [0.25, 0.3) is 0 Å². The van der Waals surface area contributed by atoms with Crippen LogP contribution in [0.2, 0.25) is 0 Å². The Morgan fingerprint density at radius 2 is 2.00 bits per heavy atom. The van der Waals surface area contributed by atoms with E-state index in [1.165, 1.54) is 29.3 Å². The van der Waals surface area contributed by atoms with Gasteiger partial charge >= 0.3 is 6.03 Å². The van der Waals surface area contributed by atoms with Crippen LogP contribution in [-0.4, -0.2) is 23.8 Å². The second-order valence-corrected chi connectivity index (χ2v) is 6.59. The van der Waals surface area contributed by atoms with Crippen LogP contribution in [0.3, 0.4) is 0 Å². The first-order valence-electron chi connectivity index (χ1n) is 7.87. The molecule has 0 fully saturated rings. The number of benzene rings is 2. The number of hydrogen-bond donors (Lipinski definition) is 1. The Balaban J connectivity index is 1.87. The minimum Gasteiger partial charge on any atom is -0.497 e. The van der Waals surface area contributed by atoms with E-state index in [-0.39, 0.29) is 18.0 Å². The predicted octanol–water partition coefficient (Wildman–Crippen LogP) is 4.66. The van der Waals surface area contributed by atoms with E-state index in [9.17, 15) is 14.0 Å². The molecule has 26 heavy (non-hydrogen) atoms. The third kappa shape index (κ3) is 3.94. The Hall–Kier alpha value is -2.67. The zero-order valence-corrected chi connectivity index (χ0v) is 15.5.